The van der Waals surface area contributed by atoms with Crippen LogP contribution in [0.1, 0.15) is 30.3 Å². The fourth-order valence-electron chi connectivity index (χ4n) is 3.43. The molecule has 0 aliphatic carbocycles. The number of alkyl halides is 3. The van der Waals surface area contributed by atoms with Crippen LogP contribution in [0, 0.1) is 6.92 Å². The molecule has 1 aliphatic heterocycles. The molecule has 0 spiro atoms. The van der Waals surface area contributed by atoms with Gasteiger partial charge < -0.3 is 4.74 Å². The van der Waals surface area contributed by atoms with E-state index in [1.165, 1.54) is 23.5 Å². The lowest BCUT2D eigenvalue weighted by Crippen LogP contribution is -2.41. The molecule has 160 valence electrons. The molecule has 0 radical (unpaired) electrons. The molecule has 8 nitrogen and oxygen atoms in total. The zero-order valence-corrected chi connectivity index (χ0v) is 16.9. The van der Waals surface area contributed by atoms with Crippen LogP contribution in [0.15, 0.2) is 27.9 Å². The van der Waals surface area contributed by atoms with Crippen LogP contribution in [0.25, 0.3) is 0 Å². The zero-order valence-electron chi connectivity index (χ0n) is 16.1. The molecule has 2 aromatic rings. The first-order chi connectivity index (χ1) is 13.5. The molecule has 29 heavy (non-hydrogen) atoms. The minimum Gasteiger partial charge on any atom is -0.496 e. The van der Waals surface area contributed by atoms with Gasteiger partial charge in [-0.05, 0) is 43.5 Å². The maximum absolute atomic E-state index is 13.0. The Morgan fingerprint density at radius 1 is 1.21 bits per heavy atom. The average molecular weight is 434 g/mol. The van der Waals surface area contributed by atoms with E-state index < -0.39 is 33.8 Å². The minimum atomic E-state index is -4.74. The molecule has 2 heterocycles. The second kappa shape index (κ2) is 7.48. The van der Waals surface area contributed by atoms with Crippen LogP contribution in [0.3, 0.4) is 0 Å². The summed E-state index contributed by atoms with van der Waals surface area (Å²) in [4.78, 5) is 12.3. The highest BCUT2D eigenvalue weighted by atomic mass is 32.2. The SMILES string of the molecule is COc1ccc(S(=O)(=O)N2CCC(n3nc(C(F)(F)F)n(C)c3=O)CC2)cc1C. The average Bonchev–Trinajstić information content (AvgIpc) is 2.97. The highest BCUT2D eigenvalue weighted by molar-refractivity contribution is 7.89. The van der Waals surface area contributed by atoms with E-state index >= 15 is 0 Å². The first kappa shape index (κ1) is 21.4. The van der Waals surface area contributed by atoms with Crippen molar-refractivity contribution in [2.75, 3.05) is 20.2 Å². The third-order valence-corrected chi connectivity index (χ3v) is 6.92. The zero-order chi connectivity index (χ0) is 21.6. The van der Waals surface area contributed by atoms with Gasteiger partial charge in [0.2, 0.25) is 15.8 Å². The van der Waals surface area contributed by atoms with E-state index in [4.69, 9.17) is 4.74 Å². The Labute approximate surface area is 165 Å². The quantitative estimate of drug-likeness (QED) is 0.734. The normalized spacial score (nSPS) is 16.9. The topological polar surface area (TPSA) is 86.4 Å². The van der Waals surface area contributed by atoms with Crippen molar-refractivity contribution in [2.45, 2.75) is 36.9 Å². The maximum Gasteiger partial charge on any atom is 0.451 e. The van der Waals surface area contributed by atoms with Gasteiger partial charge in [0.25, 0.3) is 0 Å². The number of ether oxygens (including phenoxy) is 1. The number of piperidine rings is 1. The molecule has 1 aliphatic rings. The number of rotatable bonds is 4. The van der Waals surface area contributed by atoms with Crippen LogP contribution < -0.4 is 10.4 Å². The number of sulfonamides is 1. The van der Waals surface area contributed by atoms with Crippen LogP contribution in [0.5, 0.6) is 5.75 Å². The fourth-order valence-corrected chi connectivity index (χ4v) is 4.98. The first-order valence-electron chi connectivity index (χ1n) is 8.84. The van der Waals surface area contributed by atoms with Crippen LogP contribution in [0.4, 0.5) is 13.2 Å². The molecule has 1 aromatic carbocycles. The number of aromatic nitrogens is 3. The second-order valence-electron chi connectivity index (χ2n) is 6.87. The molecule has 0 unspecified atom stereocenters. The van der Waals surface area contributed by atoms with Gasteiger partial charge in [0.05, 0.1) is 18.0 Å². The molecule has 1 fully saturated rings. The highest BCUT2D eigenvalue weighted by Gasteiger charge is 2.39. The van der Waals surface area contributed by atoms with Crippen molar-refractivity contribution in [1.29, 1.82) is 0 Å². The summed E-state index contributed by atoms with van der Waals surface area (Å²) in [7, 11) is -1.26. The van der Waals surface area contributed by atoms with Crippen molar-refractivity contribution >= 4 is 10.0 Å². The predicted octanol–water partition coefficient (Wildman–Crippen LogP) is 1.94. The molecule has 0 saturated carbocycles. The van der Waals surface area contributed by atoms with Crippen molar-refractivity contribution < 1.29 is 26.3 Å². The summed E-state index contributed by atoms with van der Waals surface area (Å²) < 4.78 is 72.4. The van der Waals surface area contributed by atoms with Gasteiger partial charge in [-0.1, -0.05) is 0 Å². The van der Waals surface area contributed by atoms with E-state index in [-0.39, 0.29) is 30.8 Å². The minimum absolute atomic E-state index is 0.0719. The number of hydrogen-bond acceptors (Lipinski definition) is 5. The maximum atomic E-state index is 13.0. The third kappa shape index (κ3) is 3.90. The number of methoxy groups -OCH3 is 1. The fraction of sp³-hybridized carbons (Fsp3) is 0.529. The van der Waals surface area contributed by atoms with Crippen molar-refractivity contribution in [3.63, 3.8) is 0 Å². The van der Waals surface area contributed by atoms with Crippen LogP contribution >= 0.6 is 0 Å². The number of aryl methyl sites for hydroxylation is 1. The van der Waals surface area contributed by atoms with Gasteiger partial charge in [0, 0.05) is 20.1 Å². The Balaban J connectivity index is 1.79. The van der Waals surface area contributed by atoms with Crippen LogP contribution in [0.2, 0.25) is 0 Å². The monoisotopic (exact) mass is 434 g/mol. The summed E-state index contributed by atoms with van der Waals surface area (Å²) in [6, 6.07) is 3.93. The number of benzene rings is 1. The van der Waals surface area contributed by atoms with Crippen molar-refractivity contribution in [3.8, 4) is 5.75 Å². The van der Waals surface area contributed by atoms with E-state index in [0.717, 1.165) is 11.7 Å². The van der Waals surface area contributed by atoms with Gasteiger partial charge in [-0.3, -0.25) is 4.57 Å². The molecular weight excluding hydrogens is 413 g/mol. The number of hydrogen-bond donors (Lipinski definition) is 0. The summed E-state index contributed by atoms with van der Waals surface area (Å²) in [6.07, 6.45) is -4.37. The van der Waals surface area contributed by atoms with E-state index in [0.29, 0.717) is 15.9 Å². The summed E-state index contributed by atoms with van der Waals surface area (Å²) >= 11 is 0. The van der Waals surface area contributed by atoms with Crippen LogP contribution in [-0.2, 0) is 23.2 Å². The van der Waals surface area contributed by atoms with E-state index in [2.05, 4.69) is 5.10 Å². The molecule has 12 heteroatoms. The Morgan fingerprint density at radius 2 is 1.83 bits per heavy atom. The second-order valence-corrected chi connectivity index (χ2v) is 8.81. The van der Waals surface area contributed by atoms with Gasteiger partial charge in [0.15, 0.2) is 0 Å². The summed E-state index contributed by atoms with van der Waals surface area (Å²) in [5.74, 6) is -0.705. The lowest BCUT2D eigenvalue weighted by Gasteiger charge is -2.30. The molecule has 0 bridgehead atoms. The highest BCUT2D eigenvalue weighted by Crippen LogP contribution is 2.30. The standard InChI is InChI=1S/C17H21F3N4O4S/c1-11-10-13(4-5-14(11)28-3)29(26,27)23-8-6-12(7-9-23)24-16(25)22(2)15(21-24)17(18,19)20/h4-5,10,12H,6-9H2,1-3H3. The molecule has 0 atom stereocenters. The van der Waals surface area contributed by atoms with Gasteiger partial charge >= 0.3 is 11.9 Å². The smallest absolute Gasteiger partial charge is 0.451 e. The van der Waals surface area contributed by atoms with Crippen molar-refractivity contribution in [3.05, 3.63) is 40.1 Å². The van der Waals surface area contributed by atoms with Crippen molar-refractivity contribution in [1.82, 2.24) is 18.7 Å². The Kier molecular flexibility index (Phi) is 5.52. The number of nitrogens with zero attached hydrogens (tertiary/aromatic N) is 4. The largest absolute Gasteiger partial charge is 0.496 e. The van der Waals surface area contributed by atoms with Gasteiger partial charge in [0.1, 0.15) is 5.75 Å². The lowest BCUT2D eigenvalue weighted by atomic mass is 10.1. The molecule has 0 N–H and O–H groups in total. The van der Waals surface area contributed by atoms with Gasteiger partial charge in [-0.25, -0.2) is 17.9 Å². The van der Waals surface area contributed by atoms with E-state index in [9.17, 15) is 26.4 Å². The summed E-state index contributed by atoms with van der Waals surface area (Å²) in [6.45, 7) is 1.88. The first-order valence-corrected chi connectivity index (χ1v) is 10.3. The van der Waals surface area contributed by atoms with Crippen LogP contribution in [-0.4, -0.2) is 47.3 Å². The molecule has 1 saturated heterocycles. The predicted molar refractivity (Wildman–Crippen MR) is 97.2 cm³/mol. The molecule has 0 amide bonds. The molecule has 1 aromatic heterocycles. The molecule has 3 rings (SSSR count). The Hall–Kier alpha value is -2.34. The third-order valence-electron chi connectivity index (χ3n) is 5.03. The Bertz CT molecular complexity index is 1070. The lowest BCUT2D eigenvalue weighted by molar-refractivity contribution is -0.147. The molecular formula is C17H21F3N4O4S. The van der Waals surface area contributed by atoms with Gasteiger partial charge in [-0.15, -0.1) is 5.10 Å². The summed E-state index contributed by atoms with van der Waals surface area (Å²) in [5.41, 5.74) is -0.201. The summed E-state index contributed by atoms with van der Waals surface area (Å²) in [5, 5.41) is 3.44. The van der Waals surface area contributed by atoms with E-state index in [1.807, 2.05) is 0 Å². The number of halogens is 3. The Morgan fingerprint density at radius 3 is 2.31 bits per heavy atom. The van der Waals surface area contributed by atoms with Gasteiger partial charge in [-0.2, -0.15) is 17.5 Å². The van der Waals surface area contributed by atoms with Crippen molar-refractivity contribution in [2.24, 2.45) is 7.05 Å². The van der Waals surface area contributed by atoms with E-state index in [1.54, 1.807) is 13.0 Å².